The molecule has 0 saturated heterocycles. The summed E-state index contributed by atoms with van der Waals surface area (Å²) in [5.74, 6) is 2.01. The summed E-state index contributed by atoms with van der Waals surface area (Å²) < 4.78 is 17.2. The van der Waals surface area contributed by atoms with Crippen molar-refractivity contribution in [3.63, 3.8) is 0 Å². The number of benzene rings is 2. The van der Waals surface area contributed by atoms with E-state index in [4.69, 9.17) is 25.8 Å². The largest absolute Gasteiger partial charge is 0.490 e. The normalized spacial score (nSPS) is 13.2. The van der Waals surface area contributed by atoms with Crippen LogP contribution in [0.1, 0.15) is 36.7 Å². The van der Waals surface area contributed by atoms with Crippen LogP contribution in [0.4, 0.5) is 0 Å². The zero-order valence-electron chi connectivity index (χ0n) is 18.0. The number of amidine groups is 1. The summed E-state index contributed by atoms with van der Waals surface area (Å²) in [6.45, 7) is 8.15. The first-order valence-corrected chi connectivity index (χ1v) is 11.7. The molecule has 31 heavy (non-hydrogen) atoms. The highest BCUT2D eigenvalue weighted by atomic mass is 35.5. The van der Waals surface area contributed by atoms with Gasteiger partial charge in [0.2, 0.25) is 5.75 Å². The number of ether oxygens (including phenoxy) is 3. The Labute approximate surface area is 192 Å². The zero-order chi connectivity index (χ0) is 22.2. The van der Waals surface area contributed by atoms with Gasteiger partial charge in [-0.3, -0.25) is 14.7 Å². The van der Waals surface area contributed by atoms with Gasteiger partial charge in [0.05, 0.1) is 26.4 Å². The molecule has 2 aromatic rings. The van der Waals surface area contributed by atoms with Crippen molar-refractivity contribution in [2.75, 3.05) is 32.9 Å². The molecule has 0 saturated carbocycles. The molecule has 8 heteroatoms. The number of hydrogen-bond acceptors (Lipinski definition) is 6. The van der Waals surface area contributed by atoms with Crippen LogP contribution in [0.3, 0.4) is 0 Å². The molecule has 0 N–H and O–H groups in total. The molecule has 0 bridgehead atoms. The van der Waals surface area contributed by atoms with Gasteiger partial charge in [0.15, 0.2) is 16.7 Å². The molecule has 0 radical (unpaired) electrons. The van der Waals surface area contributed by atoms with E-state index < -0.39 is 0 Å². The van der Waals surface area contributed by atoms with Crippen molar-refractivity contribution in [3.8, 4) is 17.2 Å². The number of rotatable bonds is 9. The van der Waals surface area contributed by atoms with Gasteiger partial charge in [-0.2, -0.15) is 0 Å². The van der Waals surface area contributed by atoms with Gasteiger partial charge >= 0.3 is 0 Å². The average Bonchev–Trinajstić information content (AvgIpc) is 3.23. The maximum Gasteiger partial charge on any atom is 0.260 e. The van der Waals surface area contributed by atoms with E-state index in [1.165, 1.54) is 11.8 Å². The van der Waals surface area contributed by atoms with Crippen molar-refractivity contribution in [3.05, 3.63) is 52.5 Å². The van der Waals surface area contributed by atoms with Crippen molar-refractivity contribution in [2.24, 2.45) is 4.99 Å². The third kappa shape index (κ3) is 5.66. The molecule has 0 aromatic heterocycles. The fraction of sp³-hybridized carbons (Fsp3) is 0.391. The second-order valence-electron chi connectivity index (χ2n) is 6.60. The quantitative estimate of drug-likeness (QED) is 0.507. The first-order chi connectivity index (χ1) is 15.1. The van der Waals surface area contributed by atoms with Crippen molar-refractivity contribution in [1.29, 1.82) is 0 Å². The lowest BCUT2D eigenvalue weighted by atomic mass is 10.1. The molecule has 166 valence electrons. The summed E-state index contributed by atoms with van der Waals surface area (Å²) in [5.41, 5.74) is 1.48. The maximum absolute atomic E-state index is 13.4. The minimum atomic E-state index is -0.145. The predicted octanol–water partition coefficient (Wildman–Crippen LogP) is 5.28. The van der Waals surface area contributed by atoms with Gasteiger partial charge < -0.3 is 14.2 Å². The van der Waals surface area contributed by atoms with Crippen molar-refractivity contribution < 1.29 is 19.0 Å². The van der Waals surface area contributed by atoms with Crippen molar-refractivity contribution in [1.82, 2.24) is 4.90 Å². The van der Waals surface area contributed by atoms with E-state index in [2.05, 4.69) is 4.99 Å². The highest BCUT2D eigenvalue weighted by molar-refractivity contribution is 8.13. The predicted molar refractivity (Wildman–Crippen MR) is 126 cm³/mol. The second-order valence-corrected chi connectivity index (χ2v) is 7.95. The van der Waals surface area contributed by atoms with Crippen LogP contribution in [0.2, 0.25) is 5.02 Å². The molecule has 1 amide bonds. The summed E-state index contributed by atoms with van der Waals surface area (Å²) in [5, 5.41) is 1.40. The highest BCUT2D eigenvalue weighted by Gasteiger charge is 2.27. The second kappa shape index (κ2) is 11.3. The summed E-state index contributed by atoms with van der Waals surface area (Å²) in [7, 11) is 0. The fourth-order valence-corrected chi connectivity index (χ4v) is 4.50. The van der Waals surface area contributed by atoms with E-state index in [1.807, 2.05) is 45.0 Å². The van der Waals surface area contributed by atoms with Crippen molar-refractivity contribution in [2.45, 2.75) is 26.5 Å². The molecule has 1 aliphatic heterocycles. The van der Waals surface area contributed by atoms with Crippen molar-refractivity contribution >= 4 is 34.4 Å². The van der Waals surface area contributed by atoms with E-state index in [9.17, 15) is 4.79 Å². The molecule has 2 aromatic carbocycles. The first-order valence-electron chi connectivity index (χ1n) is 10.4. The van der Waals surface area contributed by atoms with E-state index in [1.54, 1.807) is 17.0 Å². The maximum atomic E-state index is 13.4. The number of nitrogens with zero attached hydrogens (tertiary/aromatic N) is 2. The molecule has 1 aliphatic rings. The molecule has 0 atom stereocenters. The fourth-order valence-electron chi connectivity index (χ4n) is 3.16. The lowest BCUT2D eigenvalue weighted by molar-refractivity contribution is 0.0859. The van der Waals surface area contributed by atoms with Crippen LogP contribution in [0.15, 0.2) is 41.4 Å². The van der Waals surface area contributed by atoms with Gasteiger partial charge in [-0.05, 0) is 44.5 Å². The summed E-state index contributed by atoms with van der Waals surface area (Å²) in [6.07, 6.45) is 0. The Kier molecular flexibility index (Phi) is 8.49. The lowest BCUT2D eigenvalue weighted by Gasteiger charge is -2.21. The number of aliphatic imine (C=N–C) groups is 1. The van der Waals surface area contributed by atoms with Gasteiger partial charge in [-0.15, -0.1) is 0 Å². The lowest BCUT2D eigenvalue weighted by Crippen LogP contribution is -2.33. The van der Waals surface area contributed by atoms with E-state index in [0.717, 1.165) is 5.56 Å². The van der Waals surface area contributed by atoms with Gasteiger partial charge in [0, 0.05) is 22.9 Å². The number of carbonyl (C=O) groups excluding carboxylic acids is 1. The average molecular weight is 463 g/mol. The van der Waals surface area contributed by atoms with Crippen LogP contribution >= 0.6 is 23.4 Å². The van der Waals surface area contributed by atoms with Crippen LogP contribution in [-0.2, 0) is 5.75 Å². The number of carbonyl (C=O) groups is 1. The minimum absolute atomic E-state index is 0.145. The van der Waals surface area contributed by atoms with Crippen LogP contribution in [-0.4, -0.2) is 48.9 Å². The Bertz CT molecular complexity index is 924. The molecule has 0 unspecified atom stereocenters. The molecular formula is C23H27ClN2O4S. The van der Waals surface area contributed by atoms with Crippen LogP contribution in [0, 0.1) is 0 Å². The van der Waals surface area contributed by atoms with E-state index in [0.29, 0.717) is 71.7 Å². The van der Waals surface area contributed by atoms with E-state index in [-0.39, 0.29) is 5.91 Å². The molecule has 1 heterocycles. The number of halogens is 1. The Hall–Kier alpha value is -2.38. The van der Waals surface area contributed by atoms with Gasteiger partial charge in [0.1, 0.15) is 0 Å². The summed E-state index contributed by atoms with van der Waals surface area (Å²) >= 11 is 7.77. The van der Waals surface area contributed by atoms with Crippen LogP contribution in [0.25, 0.3) is 0 Å². The van der Waals surface area contributed by atoms with Gasteiger partial charge in [0.25, 0.3) is 5.91 Å². The molecular weight excluding hydrogens is 436 g/mol. The highest BCUT2D eigenvalue weighted by Crippen LogP contribution is 2.39. The molecule has 0 fully saturated rings. The zero-order valence-corrected chi connectivity index (χ0v) is 19.6. The Morgan fingerprint density at radius 2 is 1.71 bits per heavy atom. The molecule has 0 aliphatic carbocycles. The SMILES string of the molecule is CCOc1cc(C(=O)N2CCN=C2SCc2ccccc2Cl)cc(OCC)c1OCC. The standard InChI is InChI=1S/C23H27ClN2O4S/c1-4-28-19-13-17(14-20(29-5-2)21(19)30-6-3)22(27)26-12-11-25-23(26)31-15-16-9-7-8-10-18(16)24/h7-10,13-14H,4-6,11-12,15H2,1-3H3. The summed E-state index contributed by atoms with van der Waals surface area (Å²) in [4.78, 5) is 19.6. The van der Waals surface area contributed by atoms with E-state index >= 15 is 0 Å². The first kappa shape index (κ1) is 23.3. The number of thioether (sulfide) groups is 1. The Morgan fingerprint density at radius 3 is 2.32 bits per heavy atom. The van der Waals surface area contributed by atoms with Gasteiger partial charge in [-0.25, -0.2) is 0 Å². The Balaban J connectivity index is 1.83. The monoisotopic (exact) mass is 462 g/mol. The summed E-state index contributed by atoms with van der Waals surface area (Å²) in [6, 6.07) is 11.1. The third-order valence-electron chi connectivity index (χ3n) is 4.52. The smallest absolute Gasteiger partial charge is 0.260 e. The number of hydrogen-bond donors (Lipinski definition) is 0. The third-order valence-corrected chi connectivity index (χ3v) is 5.95. The topological polar surface area (TPSA) is 60.4 Å². The number of amides is 1. The van der Waals surface area contributed by atoms with Crippen LogP contribution < -0.4 is 14.2 Å². The Morgan fingerprint density at radius 1 is 1.06 bits per heavy atom. The minimum Gasteiger partial charge on any atom is -0.490 e. The van der Waals surface area contributed by atoms with Gasteiger partial charge in [-0.1, -0.05) is 41.6 Å². The molecule has 0 spiro atoms. The molecule has 6 nitrogen and oxygen atoms in total. The molecule has 3 rings (SSSR count). The van der Waals surface area contributed by atoms with Crippen LogP contribution in [0.5, 0.6) is 17.2 Å².